The minimum atomic E-state index is -0.742. The van der Waals surface area contributed by atoms with Crippen LogP contribution in [0.2, 0.25) is 0 Å². The Hall–Kier alpha value is -1.22. The van der Waals surface area contributed by atoms with Gasteiger partial charge >= 0.3 is 0 Å². The maximum atomic E-state index is 14.1. The molecule has 1 aromatic carbocycles. The zero-order valence-electron chi connectivity index (χ0n) is 10.1. The van der Waals surface area contributed by atoms with Gasteiger partial charge in [-0.15, -0.1) is 0 Å². The van der Waals surface area contributed by atoms with Crippen LogP contribution < -0.4 is 0 Å². The molecule has 2 unspecified atom stereocenters. The van der Waals surface area contributed by atoms with E-state index in [9.17, 15) is 4.39 Å². The van der Waals surface area contributed by atoms with Crippen LogP contribution in [0.1, 0.15) is 29.0 Å². The number of piperidine rings is 1. The van der Waals surface area contributed by atoms with E-state index >= 15 is 0 Å². The molecular weight excluding hydrogens is 215 g/mol. The van der Waals surface area contributed by atoms with Crippen molar-refractivity contribution in [2.45, 2.75) is 25.1 Å². The van der Waals surface area contributed by atoms with E-state index in [1.54, 1.807) is 0 Å². The highest BCUT2D eigenvalue weighted by Gasteiger charge is 2.29. The largest absolute Gasteiger partial charge is 0.303 e. The molecule has 0 aromatic heterocycles. The normalized spacial score (nSPS) is 28.4. The summed E-state index contributed by atoms with van der Waals surface area (Å²) in [6, 6.07) is 6.29. The van der Waals surface area contributed by atoms with Gasteiger partial charge < -0.3 is 4.90 Å². The van der Waals surface area contributed by atoms with Crippen molar-refractivity contribution in [1.29, 1.82) is 0 Å². The van der Waals surface area contributed by atoms with Gasteiger partial charge in [-0.25, -0.2) is 4.39 Å². The van der Waals surface area contributed by atoms with Crippen molar-refractivity contribution < 1.29 is 4.39 Å². The Bertz CT molecular complexity index is 456. The van der Waals surface area contributed by atoms with Gasteiger partial charge in [-0.2, -0.15) is 0 Å². The first-order chi connectivity index (χ1) is 8.24. The fourth-order valence-electron chi connectivity index (χ4n) is 2.79. The molecule has 1 saturated heterocycles. The number of alkyl halides is 1. The quantitative estimate of drug-likeness (QED) is 0.726. The van der Waals surface area contributed by atoms with Crippen molar-refractivity contribution in [3.05, 3.63) is 34.9 Å². The Morgan fingerprint density at radius 1 is 1.41 bits per heavy atom. The molecule has 2 nitrogen and oxygen atoms in total. The SMILES string of the molecule is CN1CCC(c2ccc3c(c2)CN=C3)C(F)C1. The third kappa shape index (κ3) is 2.00. The number of aliphatic imine (C=N–C) groups is 1. The first kappa shape index (κ1) is 10.9. The molecule has 3 heteroatoms. The molecule has 0 amide bonds. The molecular formula is C14H17FN2. The van der Waals surface area contributed by atoms with Crippen LogP contribution in [0.5, 0.6) is 0 Å². The van der Waals surface area contributed by atoms with Gasteiger partial charge in [0.05, 0.1) is 6.54 Å². The van der Waals surface area contributed by atoms with Crippen molar-refractivity contribution in [3.63, 3.8) is 0 Å². The summed E-state index contributed by atoms with van der Waals surface area (Å²) < 4.78 is 14.1. The van der Waals surface area contributed by atoms with Crippen molar-refractivity contribution in [3.8, 4) is 0 Å². The lowest BCUT2D eigenvalue weighted by molar-refractivity contribution is 0.139. The Morgan fingerprint density at radius 2 is 2.29 bits per heavy atom. The summed E-state index contributed by atoms with van der Waals surface area (Å²) in [6.07, 6.45) is 2.08. The number of likely N-dealkylation sites (tertiary alicyclic amines) is 1. The number of nitrogens with zero attached hydrogens (tertiary/aromatic N) is 2. The second-order valence-electron chi connectivity index (χ2n) is 5.10. The molecule has 0 N–H and O–H groups in total. The van der Waals surface area contributed by atoms with Crippen LogP contribution in [-0.2, 0) is 6.54 Å². The van der Waals surface area contributed by atoms with Crippen molar-refractivity contribution in [1.82, 2.24) is 4.90 Å². The van der Waals surface area contributed by atoms with Crippen molar-refractivity contribution >= 4 is 6.21 Å². The topological polar surface area (TPSA) is 15.6 Å². The highest BCUT2D eigenvalue weighted by molar-refractivity contribution is 5.84. The Kier molecular flexibility index (Phi) is 2.71. The molecule has 17 heavy (non-hydrogen) atoms. The molecule has 2 aliphatic heterocycles. The average Bonchev–Trinajstić information content (AvgIpc) is 2.75. The maximum absolute atomic E-state index is 14.1. The third-order valence-electron chi connectivity index (χ3n) is 3.83. The predicted octanol–water partition coefficient (Wildman–Crippen LogP) is 2.38. The predicted molar refractivity (Wildman–Crippen MR) is 67.5 cm³/mol. The molecule has 0 radical (unpaired) electrons. The van der Waals surface area contributed by atoms with E-state index in [1.165, 1.54) is 11.1 Å². The summed E-state index contributed by atoms with van der Waals surface area (Å²) in [6.45, 7) is 2.30. The van der Waals surface area contributed by atoms with Crippen LogP contribution in [0, 0.1) is 0 Å². The van der Waals surface area contributed by atoms with Gasteiger partial charge in [0.25, 0.3) is 0 Å². The summed E-state index contributed by atoms with van der Waals surface area (Å²) in [5.41, 5.74) is 3.58. The van der Waals surface area contributed by atoms with E-state index in [-0.39, 0.29) is 5.92 Å². The number of benzene rings is 1. The van der Waals surface area contributed by atoms with Crippen LogP contribution in [-0.4, -0.2) is 37.4 Å². The summed E-state index contributed by atoms with van der Waals surface area (Å²) in [7, 11) is 1.99. The van der Waals surface area contributed by atoms with Gasteiger partial charge in [0.2, 0.25) is 0 Å². The van der Waals surface area contributed by atoms with E-state index in [1.807, 2.05) is 13.3 Å². The summed E-state index contributed by atoms with van der Waals surface area (Å²) in [4.78, 5) is 6.31. The summed E-state index contributed by atoms with van der Waals surface area (Å²) >= 11 is 0. The van der Waals surface area contributed by atoms with Crippen LogP contribution in [0.25, 0.3) is 0 Å². The first-order valence-corrected chi connectivity index (χ1v) is 6.19. The molecule has 1 fully saturated rings. The van der Waals surface area contributed by atoms with Gasteiger partial charge in [-0.1, -0.05) is 18.2 Å². The Labute approximate surface area is 101 Å². The van der Waals surface area contributed by atoms with E-state index in [4.69, 9.17) is 0 Å². The van der Waals surface area contributed by atoms with E-state index in [0.717, 1.165) is 25.1 Å². The van der Waals surface area contributed by atoms with Crippen molar-refractivity contribution in [2.24, 2.45) is 4.99 Å². The smallest absolute Gasteiger partial charge is 0.120 e. The van der Waals surface area contributed by atoms with Gasteiger partial charge in [0.15, 0.2) is 0 Å². The molecule has 1 aromatic rings. The zero-order chi connectivity index (χ0) is 11.8. The lowest BCUT2D eigenvalue weighted by atomic mass is 9.87. The molecule has 0 saturated carbocycles. The minimum Gasteiger partial charge on any atom is -0.303 e. The first-order valence-electron chi connectivity index (χ1n) is 6.19. The Balaban J connectivity index is 1.85. The third-order valence-corrected chi connectivity index (χ3v) is 3.83. The lowest BCUT2D eigenvalue weighted by Gasteiger charge is -2.32. The highest BCUT2D eigenvalue weighted by Crippen LogP contribution is 2.31. The Morgan fingerprint density at radius 3 is 3.12 bits per heavy atom. The number of fused-ring (bicyclic) bond motifs is 1. The molecule has 0 bridgehead atoms. The standard InChI is InChI=1S/C14H17FN2/c1-17-5-4-13(14(15)9-17)10-2-3-11-7-16-8-12(11)6-10/h2-3,6-7,13-14H,4-5,8-9H2,1H3. The van der Waals surface area contributed by atoms with Crippen LogP contribution in [0.4, 0.5) is 4.39 Å². The second-order valence-corrected chi connectivity index (χ2v) is 5.10. The molecule has 2 heterocycles. The zero-order valence-corrected chi connectivity index (χ0v) is 10.1. The van der Waals surface area contributed by atoms with Crippen molar-refractivity contribution in [2.75, 3.05) is 20.1 Å². The molecule has 2 aliphatic rings. The molecule has 3 rings (SSSR count). The van der Waals surface area contributed by atoms with Gasteiger partial charge in [-0.05, 0) is 36.7 Å². The number of halogens is 1. The van der Waals surface area contributed by atoms with E-state index in [0.29, 0.717) is 6.54 Å². The summed E-state index contributed by atoms with van der Waals surface area (Å²) in [5.74, 6) is 0.0668. The fourth-order valence-corrected chi connectivity index (χ4v) is 2.79. The van der Waals surface area contributed by atoms with E-state index in [2.05, 4.69) is 28.1 Å². The maximum Gasteiger partial charge on any atom is 0.120 e. The molecule has 2 atom stereocenters. The fraction of sp³-hybridized carbons (Fsp3) is 0.500. The lowest BCUT2D eigenvalue weighted by Crippen LogP contribution is -2.38. The van der Waals surface area contributed by atoms with Gasteiger partial charge in [-0.3, -0.25) is 4.99 Å². The number of hydrogen-bond acceptors (Lipinski definition) is 2. The van der Waals surface area contributed by atoms with Crippen LogP contribution in [0.15, 0.2) is 23.2 Å². The average molecular weight is 232 g/mol. The van der Waals surface area contributed by atoms with Gasteiger partial charge in [0.1, 0.15) is 6.17 Å². The highest BCUT2D eigenvalue weighted by atomic mass is 19.1. The molecule has 90 valence electrons. The number of rotatable bonds is 1. The van der Waals surface area contributed by atoms with Gasteiger partial charge in [0, 0.05) is 18.7 Å². The summed E-state index contributed by atoms with van der Waals surface area (Å²) in [5, 5.41) is 0. The minimum absolute atomic E-state index is 0.0668. The van der Waals surface area contributed by atoms with E-state index < -0.39 is 6.17 Å². The second kappa shape index (κ2) is 4.22. The van der Waals surface area contributed by atoms with Crippen LogP contribution >= 0.6 is 0 Å². The number of hydrogen-bond donors (Lipinski definition) is 0. The van der Waals surface area contributed by atoms with Crippen LogP contribution in [0.3, 0.4) is 0 Å². The monoisotopic (exact) mass is 232 g/mol. The molecule has 0 spiro atoms. The molecule has 0 aliphatic carbocycles.